The number of hydrogen-bond acceptors (Lipinski definition) is 0. The zero-order valence-corrected chi connectivity index (χ0v) is 15.9. The van der Waals surface area contributed by atoms with E-state index < -0.39 is 0 Å². The standard InChI is InChI=1S/C15H18.C3H6.2C2H6/c1-12(2)10-15(11-13(3)4)14-8-6-5-7-9-14;1-2-3-1;2*1-2/h5-11H,1H2,2-4H3;1-3H2;2*1-2H3/b15-10+;;;. The van der Waals surface area contributed by atoms with E-state index in [1.165, 1.54) is 36.0 Å². The van der Waals surface area contributed by atoms with E-state index in [1.54, 1.807) is 0 Å². The molecule has 0 spiro atoms. The van der Waals surface area contributed by atoms with Gasteiger partial charge in [-0.25, -0.2) is 0 Å². The van der Waals surface area contributed by atoms with E-state index in [0.717, 1.165) is 5.57 Å². The average Bonchev–Trinajstić information content (AvgIpc) is 3.39. The van der Waals surface area contributed by atoms with Crippen LogP contribution in [0.4, 0.5) is 0 Å². The molecule has 1 aromatic carbocycles. The van der Waals surface area contributed by atoms with E-state index in [0.29, 0.717) is 0 Å². The van der Waals surface area contributed by atoms with Gasteiger partial charge in [-0.1, -0.05) is 107 Å². The fraction of sp³-hybridized carbons (Fsp3) is 0.455. The molecule has 0 unspecified atom stereocenters. The molecule has 0 heteroatoms. The van der Waals surface area contributed by atoms with Gasteiger partial charge in [0.15, 0.2) is 0 Å². The Bertz CT molecular complexity index is 424. The van der Waals surface area contributed by atoms with Gasteiger partial charge in [0.25, 0.3) is 0 Å². The Balaban J connectivity index is 0. The molecule has 0 N–H and O–H groups in total. The quantitative estimate of drug-likeness (QED) is 0.499. The van der Waals surface area contributed by atoms with E-state index in [2.05, 4.69) is 56.8 Å². The maximum atomic E-state index is 3.92. The third-order valence-electron chi connectivity index (χ3n) is 2.31. The number of hydrogen-bond donors (Lipinski definition) is 0. The first-order chi connectivity index (χ1) is 10.6. The summed E-state index contributed by atoms with van der Waals surface area (Å²) in [4.78, 5) is 0. The molecule has 2 rings (SSSR count). The number of rotatable bonds is 3. The van der Waals surface area contributed by atoms with E-state index >= 15 is 0 Å². The molecule has 1 aromatic rings. The van der Waals surface area contributed by atoms with Crippen LogP contribution >= 0.6 is 0 Å². The molecule has 0 amide bonds. The first-order valence-corrected chi connectivity index (χ1v) is 8.67. The lowest BCUT2D eigenvalue weighted by Gasteiger charge is -2.03. The second kappa shape index (κ2) is 15.8. The Morgan fingerprint density at radius 3 is 1.59 bits per heavy atom. The molecule has 0 aliphatic heterocycles. The highest BCUT2D eigenvalue weighted by atomic mass is 14.0. The fourth-order valence-corrected chi connectivity index (χ4v) is 1.42. The van der Waals surface area contributed by atoms with Crippen LogP contribution in [0.1, 0.15) is 73.3 Å². The molecule has 22 heavy (non-hydrogen) atoms. The minimum atomic E-state index is 1.08. The molecule has 1 fully saturated rings. The molecule has 0 saturated heterocycles. The topological polar surface area (TPSA) is 0 Å². The minimum Gasteiger partial charge on any atom is -0.0961 e. The highest BCUT2D eigenvalue weighted by molar-refractivity contribution is 5.76. The maximum Gasteiger partial charge on any atom is -0.0182 e. The zero-order chi connectivity index (χ0) is 17.4. The molecular formula is C22H36. The summed E-state index contributed by atoms with van der Waals surface area (Å²) in [5.41, 5.74) is 4.84. The van der Waals surface area contributed by atoms with Gasteiger partial charge in [-0.15, -0.1) is 0 Å². The Morgan fingerprint density at radius 1 is 0.818 bits per heavy atom. The van der Waals surface area contributed by atoms with Gasteiger partial charge < -0.3 is 0 Å². The minimum absolute atomic E-state index is 1.08. The molecule has 1 aliphatic carbocycles. The van der Waals surface area contributed by atoms with Crippen molar-refractivity contribution < 1.29 is 0 Å². The molecule has 0 radical (unpaired) electrons. The molecule has 0 nitrogen and oxygen atoms in total. The van der Waals surface area contributed by atoms with Gasteiger partial charge in [0.1, 0.15) is 0 Å². The summed E-state index contributed by atoms with van der Waals surface area (Å²) >= 11 is 0. The van der Waals surface area contributed by atoms with Crippen LogP contribution in [0.3, 0.4) is 0 Å². The summed E-state index contributed by atoms with van der Waals surface area (Å²) < 4.78 is 0. The number of allylic oxidation sites excluding steroid dienone is 5. The van der Waals surface area contributed by atoms with Gasteiger partial charge in [0, 0.05) is 0 Å². The lowest BCUT2D eigenvalue weighted by Crippen LogP contribution is -1.82. The lowest BCUT2D eigenvalue weighted by molar-refractivity contribution is 1.39. The van der Waals surface area contributed by atoms with Crippen molar-refractivity contribution in [3.8, 4) is 0 Å². The van der Waals surface area contributed by atoms with Crippen LogP contribution < -0.4 is 0 Å². The predicted molar refractivity (Wildman–Crippen MR) is 105 cm³/mol. The van der Waals surface area contributed by atoms with Crippen molar-refractivity contribution in [3.63, 3.8) is 0 Å². The van der Waals surface area contributed by atoms with Gasteiger partial charge in [0.05, 0.1) is 0 Å². The number of benzene rings is 1. The molecule has 1 saturated carbocycles. The molecule has 0 bridgehead atoms. The molecule has 0 atom stereocenters. The summed E-state index contributed by atoms with van der Waals surface area (Å²) in [7, 11) is 0. The van der Waals surface area contributed by atoms with Crippen LogP contribution in [0.15, 0.2) is 60.2 Å². The Labute approximate surface area is 139 Å². The van der Waals surface area contributed by atoms with Crippen molar-refractivity contribution in [1.82, 2.24) is 0 Å². The summed E-state index contributed by atoms with van der Waals surface area (Å²) in [6.45, 7) is 18.2. The summed E-state index contributed by atoms with van der Waals surface area (Å²) in [6, 6.07) is 10.4. The van der Waals surface area contributed by atoms with Crippen LogP contribution in [0.5, 0.6) is 0 Å². The fourth-order valence-electron chi connectivity index (χ4n) is 1.42. The third-order valence-corrected chi connectivity index (χ3v) is 2.31. The van der Waals surface area contributed by atoms with Crippen molar-refractivity contribution in [1.29, 1.82) is 0 Å². The van der Waals surface area contributed by atoms with Crippen LogP contribution in [-0.4, -0.2) is 0 Å². The largest absolute Gasteiger partial charge is 0.0961 e. The smallest absolute Gasteiger partial charge is 0.0182 e. The van der Waals surface area contributed by atoms with E-state index in [9.17, 15) is 0 Å². The van der Waals surface area contributed by atoms with Crippen LogP contribution in [0.25, 0.3) is 5.57 Å². The van der Waals surface area contributed by atoms with Gasteiger partial charge in [0.2, 0.25) is 0 Å². The van der Waals surface area contributed by atoms with E-state index in [1.807, 2.05) is 40.7 Å². The summed E-state index contributed by atoms with van der Waals surface area (Å²) in [5.74, 6) is 0. The first kappa shape index (κ1) is 22.7. The van der Waals surface area contributed by atoms with Crippen LogP contribution in [-0.2, 0) is 0 Å². The van der Waals surface area contributed by atoms with Crippen molar-refractivity contribution in [2.75, 3.05) is 0 Å². The highest BCUT2D eigenvalue weighted by Gasteiger charge is 1.97. The van der Waals surface area contributed by atoms with Crippen LogP contribution in [0.2, 0.25) is 0 Å². The molecule has 0 aromatic heterocycles. The highest BCUT2D eigenvalue weighted by Crippen LogP contribution is 2.18. The SMILES string of the molecule is C1CC1.C=C(C)/C=C(\C=C(C)C)c1ccccc1.CC.CC. The van der Waals surface area contributed by atoms with Gasteiger partial charge in [-0.3, -0.25) is 0 Å². The van der Waals surface area contributed by atoms with Gasteiger partial charge in [-0.2, -0.15) is 0 Å². The molecule has 124 valence electrons. The van der Waals surface area contributed by atoms with Crippen molar-refractivity contribution in [3.05, 3.63) is 65.8 Å². The predicted octanol–water partition coefficient (Wildman–Crippen LogP) is 7.84. The Morgan fingerprint density at radius 2 is 1.27 bits per heavy atom. The second-order valence-corrected chi connectivity index (χ2v) is 5.09. The lowest BCUT2D eigenvalue weighted by atomic mass is 10.0. The first-order valence-electron chi connectivity index (χ1n) is 8.67. The molecule has 1 aliphatic rings. The van der Waals surface area contributed by atoms with Crippen molar-refractivity contribution in [2.24, 2.45) is 0 Å². The normalized spacial score (nSPS) is 11.3. The zero-order valence-electron chi connectivity index (χ0n) is 15.9. The van der Waals surface area contributed by atoms with Gasteiger partial charge >= 0.3 is 0 Å². The Hall–Kier alpha value is -1.56. The monoisotopic (exact) mass is 300 g/mol. The van der Waals surface area contributed by atoms with E-state index in [-0.39, 0.29) is 0 Å². The Kier molecular flexibility index (Phi) is 16.3. The van der Waals surface area contributed by atoms with Crippen LogP contribution in [0, 0.1) is 0 Å². The average molecular weight is 301 g/mol. The summed E-state index contributed by atoms with van der Waals surface area (Å²) in [6.07, 6.45) is 8.80. The maximum absolute atomic E-state index is 3.92. The molecule has 0 heterocycles. The third kappa shape index (κ3) is 14.8. The summed E-state index contributed by atoms with van der Waals surface area (Å²) in [5, 5.41) is 0. The van der Waals surface area contributed by atoms with Gasteiger partial charge in [-0.05, 0) is 31.9 Å². The molecular weight excluding hydrogens is 264 g/mol. The van der Waals surface area contributed by atoms with Crippen molar-refractivity contribution >= 4 is 5.57 Å². The second-order valence-electron chi connectivity index (χ2n) is 5.09. The van der Waals surface area contributed by atoms with E-state index in [4.69, 9.17) is 0 Å². The van der Waals surface area contributed by atoms with Crippen molar-refractivity contribution in [2.45, 2.75) is 67.7 Å².